The van der Waals surface area contributed by atoms with Gasteiger partial charge in [0.15, 0.2) is 0 Å². The van der Waals surface area contributed by atoms with Crippen molar-refractivity contribution >= 4 is 11.7 Å². The molecule has 1 amide bonds. The Hall–Kier alpha value is -1.06. The van der Waals surface area contributed by atoms with Gasteiger partial charge >= 0.3 is 0 Å². The Bertz CT molecular complexity index is 202. The zero-order chi connectivity index (χ0) is 9.14. The van der Waals surface area contributed by atoms with Crippen LogP contribution < -0.4 is 5.32 Å². The zero-order valence-corrected chi connectivity index (χ0v) is 7.55. The number of carbonyl (C=O) groups excluding carboxylic acids is 1. The third-order valence-electron chi connectivity index (χ3n) is 2.23. The van der Waals surface area contributed by atoms with Gasteiger partial charge in [0.2, 0.25) is 5.91 Å². The predicted octanol–water partition coefficient (Wildman–Crippen LogP) is 0.194. The van der Waals surface area contributed by atoms with Gasteiger partial charge in [0.1, 0.15) is 6.04 Å². The van der Waals surface area contributed by atoms with Gasteiger partial charge in [-0.1, -0.05) is 0 Å². The summed E-state index contributed by atoms with van der Waals surface area (Å²) >= 11 is 0. The quantitative estimate of drug-likeness (QED) is 0.435. The minimum Gasteiger partial charge on any atom is -0.357 e. The van der Waals surface area contributed by atoms with Crippen molar-refractivity contribution in [3.63, 3.8) is 0 Å². The molecule has 0 aromatic heterocycles. The van der Waals surface area contributed by atoms with Gasteiger partial charge in [-0.2, -0.15) is 0 Å². The third-order valence-corrected chi connectivity index (χ3v) is 2.23. The minimum absolute atomic E-state index is 0.0269. The number of likely N-dealkylation sites (tertiary alicyclic amines) is 1. The topological polar surface area (TPSA) is 56.2 Å². The van der Waals surface area contributed by atoms with E-state index in [4.69, 9.17) is 5.41 Å². The maximum atomic E-state index is 11.3. The van der Waals surface area contributed by atoms with Crippen molar-refractivity contribution in [2.24, 2.45) is 0 Å². The molecule has 0 aliphatic carbocycles. The van der Waals surface area contributed by atoms with Gasteiger partial charge < -0.3 is 10.2 Å². The van der Waals surface area contributed by atoms with Crippen LogP contribution in [0.1, 0.15) is 19.8 Å². The van der Waals surface area contributed by atoms with Crippen molar-refractivity contribution in [1.82, 2.24) is 10.2 Å². The molecule has 1 unspecified atom stereocenters. The van der Waals surface area contributed by atoms with E-state index >= 15 is 0 Å². The summed E-state index contributed by atoms with van der Waals surface area (Å²) in [6, 6.07) is -0.104. The molecule has 1 rings (SSSR count). The summed E-state index contributed by atoms with van der Waals surface area (Å²) in [6.07, 6.45) is 1.88. The number of amidine groups is 1. The average Bonchev–Trinajstić information content (AvgIpc) is 2.50. The molecule has 4 nitrogen and oxygen atoms in total. The van der Waals surface area contributed by atoms with Gasteiger partial charge in [0, 0.05) is 13.6 Å². The highest BCUT2D eigenvalue weighted by molar-refractivity contribution is 5.88. The van der Waals surface area contributed by atoms with Crippen LogP contribution in [0.5, 0.6) is 0 Å². The maximum absolute atomic E-state index is 11.3. The Balaban J connectivity index is 2.63. The van der Waals surface area contributed by atoms with Crippen molar-refractivity contribution < 1.29 is 4.79 Å². The molecule has 0 radical (unpaired) electrons. The highest BCUT2D eigenvalue weighted by Crippen LogP contribution is 2.16. The fourth-order valence-corrected chi connectivity index (χ4v) is 1.61. The summed E-state index contributed by atoms with van der Waals surface area (Å²) in [7, 11) is 1.64. The largest absolute Gasteiger partial charge is 0.357 e. The van der Waals surface area contributed by atoms with E-state index in [0.717, 1.165) is 19.4 Å². The van der Waals surface area contributed by atoms with E-state index in [2.05, 4.69) is 5.32 Å². The van der Waals surface area contributed by atoms with E-state index in [1.54, 1.807) is 14.0 Å². The molecule has 1 aliphatic heterocycles. The third kappa shape index (κ3) is 1.57. The summed E-state index contributed by atoms with van der Waals surface area (Å²) < 4.78 is 0. The number of nitrogens with zero attached hydrogens (tertiary/aromatic N) is 1. The van der Waals surface area contributed by atoms with Gasteiger partial charge in [0.05, 0.1) is 5.84 Å². The lowest BCUT2D eigenvalue weighted by molar-refractivity contribution is -0.123. The average molecular weight is 169 g/mol. The molecule has 0 spiro atoms. The first-order chi connectivity index (χ1) is 5.66. The van der Waals surface area contributed by atoms with Crippen molar-refractivity contribution in [3.8, 4) is 0 Å². The molecule has 1 aliphatic rings. The van der Waals surface area contributed by atoms with Crippen molar-refractivity contribution in [2.75, 3.05) is 13.6 Å². The second-order valence-corrected chi connectivity index (χ2v) is 3.05. The highest BCUT2D eigenvalue weighted by atomic mass is 16.2. The summed E-state index contributed by atoms with van der Waals surface area (Å²) in [5.74, 6) is 0.514. The SMILES string of the molecule is CNC(=O)C1CCCN1C(C)=N. The molecule has 1 atom stereocenters. The van der Waals surface area contributed by atoms with Gasteiger partial charge in [-0.05, 0) is 19.8 Å². The number of carbonyl (C=O) groups is 1. The van der Waals surface area contributed by atoms with Crippen LogP contribution in [0.3, 0.4) is 0 Å². The first-order valence-corrected chi connectivity index (χ1v) is 4.20. The lowest BCUT2D eigenvalue weighted by Crippen LogP contribution is -2.43. The number of hydrogen-bond donors (Lipinski definition) is 2. The van der Waals surface area contributed by atoms with Crippen LogP contribution in [0.2, 0.25) is 0 Å². The van der Waals surface area contributed by atoms with Crippen molar-refractivity contribution in [2.45, 2.75) is 25.8 Å². The first kappa shape index (κ1) is 9.03. The second-order valence-electron chi connectivity index (χ2n) is 3.05. The van der Waals surface area contributed by atoms with E-state index in [9.17, 15) is 4.79 Å². The lowest BCUT2D eigenvalue weighted by atomic mass is 10.2. The fraction of sp³-hybridized carbons (Fsp3) is 0.750. The Morgan fingerprint density at radius 3 is 2.83 bits per heavy atom. The smallest absolute Gasteiger partial charge is 0.242 e. The molecule has 0 saturated carbocycles. The molecule has 0 aromatic carbocycles. The Kier molecular flexibility index (Phi) is 2.68. The lowest BCUT2D eigenvalue weighted by Gasteiger charge is -2.23. The monoisotopic (exact) mass is 169 g/mol. The minimum atomic E-state index is -0.104. The summed E-state index contributed by atoms with van der Waals surface area (Å²) in [5, 5.41) is 10.1. The maximum Gasteiger partial charge on any atom is 0.242 e. The Morgan fingerprint density at radius 2 is 2.33 bits per heavy atom. The van der Waals surface area contributed by atoms with Crippen LogP contribution in [0, 0.1) is 5.41 Å². The summed E-state index contributed by atoms with van der Waals surface area (Å²) in [5.41, 5.74) is 0. The van der Waals surface area contributed by atoms with E-state index in [-0.39, 0.29) is 11.9 Å². The molecule has 1 heterocycles. The van der Waals surface area contributed by atoms with Crippen molar-refractivity contribution in [3.05, 3.63) is 0 Å². The molecule has 2 N–H and O–H groups in total. The van der Waals surface area contributed by atoms with E-state index < -0.39 is 0 Å². The molecule has 68 valence electrons. The molecule has 0 aromatic rings. The highest BCUT2D eigenvalue weighted by Gasteiger charge is 2.29. The van der Waals surface area contributed by atoms with Gasteiger partial charge in [-0.3, -0.25) is 10.2 Å². The van der Waals surface area contributed by atoms with Crippen LogP contribution >= 0.6 is 0 Å². The number of hydrogen-bond acceptors (Lipinski definition) is 2. The first-order valence-electron chi connectivity index (χ1n) is 4.20. The van der Waals surface area contributed by atoms with E-state index in [0.29, 0.717) is 5.84 Å². The fourth-order valence-electron chi connectivity index (χ4n) is 1.61. The predicted molar refractivity (Wildman–Crippen MR) is 47.2 cm³/mol. The van der Waals surface area contributed by atoms with Crippen LogP contribution in [0.15, 0.2) is 0 Å². The van der Waals surface area contributed by atoms with Crippen LogP contribution in [-0.2, 0) is 4.79 Å². The number of amides is 1. The number of nitrogens with one attached hydrogen (secondary N) is 2. The molecule has 12 heavy (non-hydrogen) atoms. The van der Waals surface area contributed by atoms with Crippen LogP contribution in [-0.4, -0.2) is 36.3 Å². The molecule has 1 saturated heterocycles. The molecule has 1 fully saturated rings. The molecule has 0 bridgehead atoms. The van der Waals surface area contributed by atoms with Gasteiger partial charge in [0.25, 0.3) is 0 Å². The normalized spacial score (nSPS) is 22.5. The van der Waals surface area contributed by atoms with Crippen molar-refractivity contribution in [1.29, 1.82) is 5.41 Å². The molecular formula is C8H15N3O. The number of rotatable bonds is 1. The zero-order valence-electron chi connectivity index (χ0n) is 7.55. The summed E-state index contributed by atoms with van der Waals surface area (Å²) in [4.78, 5) is 13.1. The van der Waals surface area contributed by atoms with Gasteiger partial charge in [-0.25, -0.2) is 0 Å². The molecular weight excluding hydrogens is 154 g/mol. The second kappa shape index (κ2) is 3.56. The van der Waals surface area contributed by atoms with Crippen LogP contribution in [0.25, 0.3) is 0 Å². The Morgan fingerprint density at radius 1 is 1.67 bits per heavy atom. The standard InChI is InChI=1S/C8H15N3O/c1-6(9)11-5-3-4-7(11)8(12)10-2/h7,9H,3-5H2,1-2H3,(H,10,12). The molecule has 4 heteroatoms. The van der Waals surface area contributed by atoms with Crippen LogP contribution in [0.4, 0.5) is 0 Å². The Labute approximate surface area is 72.4 Å². The van der Waals surface area contributed by atoms with E-state index in [1.165, 1.54) is 0 Å². The number of likely N-dealkylation sites (N-methyl/N-ethyl adjacent to an activating group) is 1. The van der Waals surface area contributed by atoms with E-state index in [1.807, 2.05) is 4.90 Å². The van der Waals surface area contributed by atoms with Gasteiger partial charge in [-0.15, -0.1) is 0 Å². The summed E-state index contributed by atoms with van der Waals surface area (Å²) in [6.45, 7) is 2.56.